The molecule has 0 aromatic rings. The Morgan fingerprint density at radius 1 is 1.07 bits per heavy atom. The molecule has 0 bridgehead atoms. The number of hydrogen-bond donors (Lipinski definition) is 1. The molecule has 1 amide bonds. The van der Waals surface area contributed by atoms with E-state index in [0.717, 1.165) is 25.7 Å². The average Bonchev–Trinajstić information content (AvgIpc) is 2.74. The van der Waals surface area contributed by atoms with Crippen LogP contribution in [0.5, 0.6) is 0 Å². The van der Waals surface area contributed by atoms with Gasteiger partial charge in [0.05, 0.1) is 0 Å². The highest BCUT2D eigenvalue weighted by molar-refractivity contribution is 5.81. The van der Waals surface area contributed by atoms with Gasteiger partial charge in [0.25, 0.3) is 0 Å². The maximum absolute atomic E-state index is 11.8. The van der Waals surface area contributed by atoms with Crippen molar-refractivity contribution in [3.63, 3.8) is 0 Å². The Morgan fingerprint density at radius 3 is 2.27 bits per heavy atom. The molecule has 0 spiro atoms. The van der Waals surface area contributed by atoms with Crippen LogP contribution >= 0.6 is 0 Å². The molecule has 0 heterocycles. The van der Waals surface area contributed by atoms with Crippen molar-refractivity contribution in [2.45, 2.75) is 57.4 Å². The molecule has 0 radical (unpaired) electrons. The predicted molar refractivity (Wildman–Crippen MR) is 57.4 cm³/mol. The first-order chi connectivity index (χ1) is 7.25. The Labute approximate surface area is 90.6 Å². The smallest absolute Gasteiger partial charge is 0.223 e. The molecule has 0 unspecified atom stereocenters. The molecule has 2 rings (SSSR count). The zero-order valence-electron chi connectivity index (χ0n) is 9.13. The number of ketones is 1. The minimum Gasteiger partial charge on any atom is -0.353 e. The van der Waals surface area contributed by atoms with E-state index in [1.165, 1.54) is 12.8 Å². The second-order valence-electron chi connectivity index (χ2n) is 4.80. The zero-order chi connectivity index (χ0) is 10.7. The van der Waals surface area contributed by atoms with Crippen molar-refractivity contribution in [1.29, 1.82) is 0 Å². The van der Waals surface area contributed by atoms with E-state index in [-0.39, 0.29) is 17.9 Å². The molecule has 0 atom stereocenters. The Hall–Kier alpha value is -0.860. The van der Waals surface area contributed by atoms with Gasteiger partial charge in [-0.05, 0) is 25.7 Å². The fourth-order valence-corrected chi connectivity index (χ4v) is 2.59. The van der Waals surface area contributed by atoms with Crippen molar-refractivity contribution in [1.82, 2.24) is 5.32 Å². The van der Waals surface area contributed by atoms with Crippen molar-refractivity contribution >= 4 is 11.7 Å². The van der Waals surface area contributed by atoms with Crippen molar-refractivity contribution in [2.75, 3.05) is 0 Å². The third kappa shape index (κ3) is 2.80. The number of hydrogen-bond acceptors (Lipinski definition) is 2. The Morgan fingerprint density at radius 2 is 1.67 bits per heavy atom. The number of carbonyl (C=O) groups excluding carboxylic acids is 2. The lowest BCUT2D eigenvalue weighted by Gasteiger charge is -2.23. The molecule has 3 nitrogen and oxygen atoms in total. The largest absolute Gasteiger partial charge is 0.353 e. The van der Waals surface area contributed by atoms with Crippen LogP contribution in [0.3, 0.4) is 0 Å². The van der Waals surface area contributed by atoms with Crippen LogP contribution in [0.15, 0.2) is 0 Å². The number of rotatable bonds is 2. The van der Waals surface area contributed by atoms with Crippen LogP contribution in [0.25, 0.3) is 0 Å². The number of Topliss-reactive ketones (excluding diaryl/α,β-unsaturated/α-hetero) is 1. The van der Waals surface area contributed by atoms with Gasteiger partial charge in [0, 0.05) is 24.8 Å². The summed E-state index contributed by atoms with van der Waals surface area (Å²) >= 11 is 0. The summed E-state index contributed by atoms with van der Waals surface area (Å²) in [4.78, 5) is 22.8. The van der Waals surface area contributed by atoms with E-state index in [1.54, 1.807) is 0 Å². The summed E-state index contributed by atoms with van der Waals surface area (Å²) < 4.78 is 0. The molecule has 2 fully saturated rings. The summed E-state index contributed by atoms with van der Waals surface area (Å²) in [6, 6.07) is 0.260. The summed E-state index contributed by atoms with van der Waals surface area (Å²) in [7, 11) is 0. The zero-order valence-corrected chi connectivity index (χ0v) is 9.13. The molecule has 2 saturated carbocycles. The lowest BCUT2D eigenvalue weighted by Crippen LogP contribution is -2.40. The third-order valence-corrected chi connectivity index (χ3v) is 3.62. The van der Waals surface area contributed by atoms with E-state index in [2.05, 4.69) is 5.32 Å². The van der Waals surface area contributed by atoms with Crippen molar-refractivity contribution < 1.29 is 9.59 Å². The Kier molecular flexibility index (Phi) is 3.39. The van der Waals surface area contributed by atoms with Gasteiger partial charge < -0.3 is 5.32 Å². The van der Waals surface area contributed by atoms with E-state index in [4.69, 9.17) is 0 Å². The summed E-state index contributed by atoms with van der Waals surface area (Å²) in [5.41, 5.74) is 0. The summed E-state index contributed by atoms with van der Waals surface area (Å²) in [5.74, 6) is 0.829. The predicted octanol–water partition coefficient (Wildman–Crippen LogP) is 1.80. The monoisotopic (exact) mass is 209 g/mol. The van der Waals surface area contributed by atoms with E-state index < -0.39 is 0 Å². The van der Waals surface area contributed by atoms with Gasteiger partial charge in [-0.15, -0.1) is 0 Å². The number of carbonyl (C=O) groups is 2. The van der Waals surface area contributed by atoms with Gasteiger partial charge in [-0.1, -0.05) is 12.8 Å². The molecule has 2 aliphatic rings. The van der Waals surface area contributed by atoms with Crippen molar-refractivity contribution in [3.8, 4) is 0 Å². The van der Waals surface area contributed by atoms with Crippen LogP contribution in [0.2, 0.25) is 0 Å². The topological polar surface area (TPSA) is 46.2 Å². The Bertz CT molecular complexity index is 246. The maximum Gasteiger partial charge on any atom is 0.223 e. The molecule has 1 N–H and O–H groups in total. The van der Waals surface area contributed by atoms with Gasteiger partial charge in [0.2, 0.25) is 5.91 Å². The van der Waals surface area contributed by atoms with E-state index in [0.29, 0.717) is 18.6 Å². The van der Waals surface area contributed by atoms with Crippen LogP contribution in [-0.2, 0) is 9.59 Å². The molecule has 3 heteroatoms. The molecular formula is C12H19NO2. The first kappa shape index (κ1) is 10.7. The number of amides is 1. The standard InChI is InChI=1S/C12H19NO2/c14-11-7-5-10(6-8-11)13-12(15)9-3-1-2-4-9/h9-10H,1-8H2,(H,13,15). The second kappa shape index (κ2) is 4.77. The summed E-state index contributed by atoms with van der Waals surface area (Å²) in [6.07, 6.45) is 7.48. The quantitative estimate of drug-likeness (QED) is 0.753. The van der Waals surface area contributed by atoms with Gasteiger partial charge in [-0.2, -0.15) is 0 Å². The molecule has 15 heavy (non-hydrogen) atoms. The summed E-state index contributed by atoms with van der Waals surface area (Å²) in [6.45, 7) is 0. The molecular weight excluding hydrogens is 190 g/mol. The first-order valence-electron chi connectivity index (χ1n) is 6.08. The van der Waals surface area contributed by atoms with Crippen LogP contribution in [0, 0.1) is 5.92 Å². The van der Waals surface area contributed by atoms with Crippen molar-refractivity contribution in [3.05, 3.63) is 0 Å². The Balaban J connectivity index is 1.76. The van der Waals surface area contributed by atoms with Gasteiger partial charge in [0.15, 0.2) is 0 Å². The van der Waals surface area contributed by atoms with E-state index in [1.807, 2.05) is 0 Å². The molecule has 0 aliphatic heterocycles. The molecule has 0 aromatic heterocycles. The average molecular weight is 209 g/mol. The number of nitrogens with one attached hydrogen (secondary N) is 1. The van der Waals surface area contributed by atoms with Gasteiger partial charge in [-0.3, -0.25) is 9.59 Å². The minimum atomic E-state index is 0.229. The molecule has 84 valence electrons. The van der Waals surface area contributed by atoms with Gasteiger partial charge in [-0.25, -0.2) is 0 Å². The lowest BCUT2D eigenvalue weighted by atomic mass is 9.93. The first-order valence-corrected chi connectivity index (χ1v) is 6.08. The highest BCUT2D eigenvalue weighted by Gasteiger charge is 2.26. The van der Waals surface area contributed by atoms with E-state index in [9.17, 15) is 9.59 Å². The molecule has 0 saturated heterocycles. The van der Waals surface area contributed by atoms with Gasteiger partial charge in [0.1, 0.15) is 5.78 Å². The lowest BCUT2D eigenvalue weighted by molar-refractivity contribution is -0.127. The fourth-order valence-electron chi connectivity index (χ4n) is 2.59. The van der Waals surface area contributed by atoms with E-state index >= 15 is 0 Å². The molecule has 0 aromatic carbocycles. The normalized spacial score (nSPS) is 24.4. The fraction of sp³-hybridized carbons (Fsp3) is 0.833. The van der Waals surface area contributed by atoms with Gasteiger partial charge >= 0.3 is 0 Å². The maximum atomic E-state index is 11.8. The minimum absolute atomic E-state index is 0.229. The van der Waals surface area contributed by atoms with Crippen molar-refractivity contribution in [2.24, 2.45) is 5.92 Å². The second-order valence-corrected chi connectivity index (χ2v) is 4.80. The van der Waals surface area contributed by atoms with Crippen LogP contribution in [0.4, 0.5) is 0 Å². The van der Waals surface area contributed by atoms with Crippen LogP contribution in [0.1, 0.15) is 51.4 Å². The van der Waals surface area contributed by atoms with Crippen LogP contribution < -0.4 is 5.32 Å². The molecule has 2 aliphatic carbocycles. The third-order valence-electron chi connectivity index (χ3n) is 3.62. The summed E-state index contributed by atoms with van der Waals surface area (Å²) in [5, 5.41) is 3.09. The van der Waals surface area contributed by atoms with Crippen LogP contribution in [-0.4, -0.2) is 17.7 Å². The SMILES string of the molecule is O=C1CCC(NC(=O)C2CCCC2)CC1. The highest BCUT2D eigenvalue weighted by Crippen LogP contribution is 2.25. The highest BCUT2D eigenvalue weighted by atomic mass is 16.2.